The van der Waals surface area contributed by atoms with E-state index in [0.29, 0.717) is 17.4 Å². The molecule has 7 nitrogen and oxygen atoms in total. The molecule has 0 radical (unpaired) electrons. The minimum absolute atomic E-state index is 0.00786. The second-order valence-electron chi connectivity index (χ2n) is 7.39. The Hall–Kier alpha value is -2.48. The standard InChI is InChI=1S/C19H26N4O3S/c1-5-22(12-15(24)21-19(2,3)4)16(25)10-11-23-17(26)13-8-6-7-9-14(13)20-18(23)27/h6-9H,5,10-12H2,1-4H3,(H,20,27)(H,21,24). The van der Waals surface area contributed by atoms with Crippen LogP contribution in [0, 0.1) is 4.77 Å². The number of nitrogens with zero attached hydrogens (tertiary/aromatic N) is 2. The predicted molar refractivity (Wildman–Crippen MR) is 108 cm³/mol. The largest absolute Gasteiger partial charge is 0.350 e. The molecular weight excluding hydrogens is 364 g/mol. The molecule has 1 aromatic carbocycles. The normalized spacial score (nSPS) is 11.4. The number of aromatic amines is 1. The number of hydrogen-bond acceptors (Lipinski definition) is 4. The fourth-order valence-corrected chi connectivity index (χ4v) is 3.06. The molecule has 146 valence electrons. The van der Waals surface area contributed by atoms with Gasteiger partial charge in [0.2, 0.25) is 11.8 Å². The summed E-state index contributed by atoms with van der Waals surface area (Å²) in [7, 11) is 0. The average Bonchev–Trinajstić information content (AvgIpc) is 2.57. The Morgan fingerprint density at radius 1 is 1.26 bits per heavy atom. The monoisotopic (exact) mass is 390 g/mol. The second-order valence-corrected chi connectivity index (χ2v) is 7.78. The fraction of sp³-hybridized carbons (Fsp3) is 0.474. The highest BCUT2D eigenvalue weighted by Crippen LogP contribution is 2.07. The molecule has 2 amide bonds. The van der Waals surface area contributed by atoms with Crippen LogP contribution in [0.2, 0.25) is 0 Å². The molecule has 0 unspecified atom stereocenters. The molecule has 2 rings (SSSR count). The van der Waals surface area contributed by atoms with Crippen molar-refractivity contribution in [3.8, 4) is 0 Å². The van der Waals surface area contributed by atoms with Crippen molar-refractivity contribution in [3.05, 3.63) is 39.4 Å². The van der Waals surface area contributed by atoms with Gasteiger partial charge in [0.25, 0.3) is 5.56 Å². The molecule has 2 aromatic rings. The van der Waals surface area contributed by atoms with Crippen molar-refractivity contribution in [2.75, 3.05) is 13.1 Å². The van der Waals surface area contributed by atoms with Gasteiger partial charge in [-0.15, -0.1) is 0 Å². The molecule has 8 heteroatoms. The first-order valence-electron chi connectivity index (χ1n) is 8.93. The van der Waals surface area contributed by atoms with Crippen LogP contribution >= 0.6 is 12.2 Å². The van der Waals surface area contributed by atoms with Crippen LogP contribution in [0.3, 0.4) is 0 Å². The maximum atomic E-state index is 12.6. The zero-order chi connectivity index (χ0) is 20.2. The number of para-hydroxylation sites is 1. The lowest BCUT2D eigenvalue weighted by molar-refractivity contribution is -0.136. The molecule has 0 bridgehead atoms. The minimum Gasteiger partial charge on any atom is -0.350 e. The van der Waals surface area contributed by atoms with E-state index in [1.807, 2.05) is 33.8 Å². The average molecular weight is 391 g/mol. The lowest BCUT2D eigenvalue weighted by Crippen LogP contribution is -2.47. The number of hydrogen-bond donors (Lipinski definition) is 2. The van der Waals surface area contributed by atoms with Gasteiger partial charge in [-0.25, -0.2) is 0 Å². The van der Waals surface area contributed by atoms with Crippen molar-refractivity contribution in [2.45, 2.75) is 46.2 Å². The molecule has 0 saturated carbocycles. The zero-order valence-corrected chi connectivity index (χ0v) is 17.0. The Balaban J connectivity index is 2.10. The number of nitrogens with one attached hydrogen (secondary N) is 2. The molecule has 0 spiro atoms. The topological polar surface area (TPSA) is 87.2 Å². The number of likely N-dealkylation sites (N-methyl/N-ethyl adjacent to an activating group) is 1. The van der Waals surface area contributed by atoms with E-state index in [-0.39, 0.29) is 47.2 Å². The molecule has 2 N–H and O–H groups in total. The first kappa shape index (κ1) is 20.8. The van der Waals surface area contributed by atoms with Crippen molar-refractivity contribution < 1.29 is 9.59 Å². The van der Waals surface area contributed by atoms with Gasteiger partial charge in [0.15, 0.2) is 4.77 Å². The van der Waals surface area contributed by atoms with Crippen molar-refractivity contribution in [1.29, 1.82) is 0 Å². The number of carbonyl (C=O) groups excluding carboxylic acids is 2. The minimum atomic E-state index is -0.356. The molecule has 0 atom stereocenters. The molecule has 0 saturated heterocycles. The number of H-pyrrole nitrogens is 1. The molecule has 0 aliphatic heterocycles. The SMILES string of the molecule is CCN(CC(=O)NC(C)(C)C)C(=O)CCn1c(=S)[nH]c2ccccc2c1=O. The Morgan fingerprint density at radius 2 is 1.93 bits per heavy atom. The Kier molecular flexibility index (Phi) is 6.54. The quantitative estimate of drug-likeness (QED) is 0.741. The molecule has 0 aliphatic carbocycles. The fourth-order valence-electron chi connectivity index (χ4n) is 2.78. The number of aromatic nitrogens is 2. The van der Waals surface area contributed by atoms with Gasteiger partial charge in [0.1, 0.15) is 0 Å². The lowest BCUT2D eigenvalue weighted by atomic mass is 10.1. The van der Waals surface area contributed by atoms with Crippen LogP contribution < -0.4 is 10.9 Å². The highest BCUT2D eigenvalue weighted by molar-refractivity contribution is 7.71. The third-order valence-corrected chi connectivity index (χ3v) is 4.34. The lowest BCUT2D eigenvalue weighted by Gasteiger charge is -2.25. The van der Waals surface area contributed by atoms with Crippen LogP contribution in [-0.4, -0.2) is 44.9 Å². The van der Waals surface area contributed by atoms with Gasteiger partial charge in [-0.2, -0.15) is 0 Å². The maximum Gasteiger partial charge on any atom is 0.262 e. The first-order valence-corrected chi connectivity index (χ1v) is 9.34. The van der Waals surface area contributed by atoms with Gasteiger partial charge in [-0.05, 0) is 52.0 Å². The molecule has 1 heterocycles. The molecule has 27 heavy (non-hydrogen) atoms. The number of benzene rings is 1. The Labute approximate surface area is 163 Å². The smallest absolute Gasteiger partial charge is 0.262 e. The third-order valence-electron chi connectivity index (χ3n) is 4.02. The van der Waals surface area contributed by atoms with Gasteiger partial charge in [0.05, 0.1) is 17.4 Å². The van der Waals surface area contributed by atoms with Crippen molar-refractivity contribution in [1.82, 2.24) is 19.8 Å². The summed E-state index contributed by atoms with van der Waals surface area (Å²) in [5.74, 6) is -0.408. The van der Waals surface area contributed by atoms with Gasteiger partial charge in [0, 0.05) is 25.0 Å². The van der Waals surface area contributed by atoms with E-state index < -0.39 is 0 Å². The third kappa shape index (κ3) is 5.50. The number of carbonyl (C=O) groups is 2. The number of rotatable bonds is 6. The van der Waals surface area contributed by atoms with E-state index in [2.05, 4.69) is 10.3 Å². The number of amides is 2. The van der Waals surface area contributed by atoms with Gasteiger partial charge in [-0.1, -0.05) is 12.1 Å². The second kappa shape index (κ2) is 8.47. The van der Waals surface area contributed by atoms with Crippen molar-refractivity contribution in [2.24, 2.45) is 0 Å². The van der Waals surface area contributed by atoms with Gasteiger partial charge in [-0.3, -0.25) is 19.0 Å². The van der Waals surface area contributed by atoms with Crippen LogP contribution in [0.5, 0.6) is 0 Å². The summed E-state index contributed by atoms with van der Waals surface area (Å²) in [4.78, 5) is 41.7. The van der Waals surface area contributed by atoms with E-state index in [9.17, 15) is 14.4 Å². The van der Waals surface area contributed by atoms with Crippen LogP contribution in [0.4, 0.5) is 0 Å². The number of fused-ring (bicyclic) bond motifs is 1. The summed E-state index contributed by atoms with van der Waals surface area (Å²) in [6.07, 6.45) is 0.0896. The Morgan fingerprint density at radius 3 is 2.56 bits per heavy atom. The van der Waals surface area contributed by atoms with Crippen molar-refractivity contribution in [3.63, 3.8) is 0 Å². The summed E-state index contributed by atoms with van der Waals surface area (Å²) >= 11 is 5.26. The van der Waals surface area contributed by atoms with Crippen LogP contribution in [0.1, 0.15) is 34.1 Å². The van der Waals surface area contributed by atoms with E-state index >= 15 is 0 Å². The van der Waals surface area contributed by atoms with Crippen LogP contribution in [0.15, 0.2) is 29.1 Å². The summed E-state index contributed by atoms with van der Waals surface area (Å²) in [6.45, 7) is 8.04. The van der Waals surface area contributed by atoms with Gasteiger partial charge < -0.3 is 15.2 Å². The molecule has 1 aromatic heterocycles. The summed E-state index contributed by atoms with van der Waals surface area (Å²) in [5.41, 5.74) is 0.0881. The van der Waals surface area contributed by atoms with Gasteiger partial charge >= 0.3 is 0 Å². The Bertz CT molecular complexity index is 956. The molecule has 0 aliphatic rings. The van der Waals surface area contributed by atoms with Crippen LogP contribution in [0.25, 0.3) is 10.9 Å². The maximum absolute atomic E-state index is 12.6. The zero-order valence-electron chi connectivity index (χ0n) is 16.2. The summed E-state index contributed by atoms with van der Waals surface area (Å²) < 4.78 is 1.67. The summed E-state index contributed by atoms with van der Waals surface area (Å²) in [6, 6.07) is 7.11. The van der Waals surface area contributed by atoms with E-state index in [0.717, 1.165) is 0 Å². The molecule has 0 fully saturated rings. The van der Waals surface area contributed by atoms with E-state index in [1.54, 1.807) is 18.2 Å². The first-order chi connectivity index (χ1) is 12.6. The summed E-state index contributed by atoms with van der Waals surface area (Å²) in [5, 5.41) is 3.36. The highest BCUT2D eigenvalue weighted by atomic mass is 32.1. The van der Waals surface area contributed by atoms with E-state index in [1.165, 1.54) is 9.47 Å². The molecular formula is C19H26N4O3S. The van der Waals surface area contributed by atoms with Crippen molar-refractivity contribution >= 4 is 34.9 Å². The van der Waals surface area contributed by atoms with E-state index in [4.69, 9.17) is 12.2 Å². The predicted octanol–water partition coefficient (Wildman–Crippen LogP) is 2.21. The highest BCUT2D eigenvalue weighted by Gasteiger charge is 2.19. The van der Waals surface area contributed by atoms with Crippen LogP contribution in [-0.2, 0) is 16.1 Å².